The van der Waals surface area contributed by atoms with Gasteiger partial charge in [-0.3, -0.25) is 0 Å². The second-order valence-corrected chi connectivity index (χ2v) is 6.33. The van der Waals surface area contributed by atoms with E-state index in [9.17, 15) is 0 Å². The fourth-order valence-electron chi connectivity index (χ4n) is 3.75. The summed E-state index contributed by atoms with van der Waals surface area (Å²) in [5, 5.41) is 10.6. The highest BCUT2D eigenvalue weighted by Gasteiger charge is 2.07. The topological polar surface area (TPSA) is 0 Å². The summed E-state index contributed by atoms with van der Waals surface area (Å²) in [6, 6.07) is 28.9. The third-order valence-corrected chi connectivity index (χ3v) is 4.90. The molecular formula is C23H16. The average molecular weight is 292 g/mol. The summed E-state index contributed by atoms with van der Waals surface area (Å²) >= 11 is 0. The standard InChI is InChI=1S/C23H16/c1-15-6-7-17-9-11-21-20-10-8-16-4-2-3-5-18(16)19(20)12-13-22(21)23(17)14-15/h2-14H,1H3. The van der Waals surface area contributed by atoms with Crippen LogP contribution in [0.1, 0.15) is 5.56 Å². The minimum absolute atomic E-state index is 1.30. The van der Waals surface area contributed by atoms with E-state index in [-0.39, 0.29) is 0 Å². The molecule has 23 heavy (non-hydrogen) atoms. The van der Waals surface area contributed by atoms with Crippen LogP contribution in [-0.4, -0.2) is 0 Å². The van der Waals surface area contributed by atoms with E-state index < -0.39 is 0 Å². The van der Waals surface area contributed by atoms with E-state index in [4.69, 9.17) is 0 Å². The highest BCUT2D eigenvalue weighted by molar-refractivity contribution is 6.22. The Labute approximate surface area is 135 Å². The van der Waals surface area contributed by atoms with Gasteiger partial charge in [-0.15, -0.1) is 0 Å². The van der Waals surface area contributed by atoms with Crippen LogP contribution in [0, 0.1) is 6.92 Å². The van der Waals surface area contributed by atoms with Crippen molar-refractivity contribution in [3.8, 4) is 0 Å². The molecule has 0 fully saturated rings. The summed E-state index contributed by atoms with van der Waals surface area (Å²) in [7, 11) is 0. The van der Waals surface area contributed by atoms with Gasteiger partial charge in [-0.25, -0.2) is 0 Å². The van der Waals surface area contributed by atoms with E-state index in [1.54, 1.807) is 0 Å². The molecule has 0 spiro atoms. The molecular weight excluding hydrogens is 276 g/mol. The van der Waals surface area contributed by atoms with Crippen LogP contribution >= 0.6 is 0 Å². The molecule has 5 aromatic carbocycles. The first-order valence-electron chi connectivity index (χ1n) is 8.05. The van der Waals surface area contributed by atoms with Gasteiger partial charge >= 0.3 is 0 Å². The summed E-state index contributed by atoms with van der Waals surface area (Å²) in [5.74, 6) is 0. The summed E-state index contributed by atoms with van der Waals surface area (Å²) in [5.41, 5.74) is 1.31. The van der Waals surface area contributed by atoms with Crippen LogP contribution in [0.15, 0.2) is 78.9 Å². The van der Waals surface area contributed by atoms with Crippen molar-refractivity contribution in [2.45, 2.75) is 6.92 Å². The van der Waals surface area contributed by atoms with Crippen molar-refractivity contribution < 1.29 is 0 Å². The van der Waals surface area contributed by atoms with Gasteiger partial charge in [0.25, 0.3) is 0 Å². The van der Waals surface area contributed by atoms with Gasteiger partial charge in [0.2, 0.25) is 0 Å². The number of rotatable bonds is 0. The lowest BCUT2D eigenvalue weighted by Gasteiger charge is -2.10. The predicted molar refractivity (Wildman–Crippen MR) is 101 cm³/mol. The van der Waals surface area contributed by atoms with Crippen molar-refractivity contribution in [2.75, 3.05) is 0 Å². The Balaban J connectivity index is 2.02. The van der Waals surface area contributed by atoms with Crippen LogP contribution in [0.4, 0.5) is 0 Å². The van der Waals surface area contributed by atoms with Crippen LogP contribution in [0.3, 0.4) is 0 Å². The summed E-state index contributed by atoms with van der Waals surface area (Å²) < 4.78 is 0. The molecule has 0 aliphatic carbocycles. The van der Waals surface area contributed by atoms with Gasteiger partial charge in [0.05, 0.1) is 0 Å². The lowest BCUT2D eigenvalue weighted by atomic mass is 9.94. The largest absolute Gasteiger partial charge is 0.0616 e. The van der Waals surface area contributed by atoms with E-state index >= 15 is 0 Å². The lowest BCUT2D eigenvalue weighted by molar-refractivity contribution is 1.51. The number of benzene rings is 5. The third kappa shape index (κ3) is 1.78. The van der Waals surface area contributed by atoms with Crippen molar-refractivity contribution in [3.63, 3.8) is 0 Å². The summed E-state index contributed by atoms with van der Waals surface area (Å²) in [6.45, 7) is 2.16. The highest BCUT2D eigenvalue weighted by Crippen LogP contribution is 2.34. The number of fused-ring (bicyclic) bond motifs is 7. The zero-order valence-electron chi connectivity index (χ0n) is 13.0. The van der Waals surface area contributed by atoms with Crippen LogP contribution in [0.2, 0.25) is 0 Å². The van der Waals surface area contributed by atoms with Crippen LogP contribution in [0.25, 0.3) is 43.1 Å². The first-order chi connectivity index (χ1) is 11.3. The molecule has 5 rings (SSSR count). The molecule has 5 aromatic rings. The Morgan fingerprint density at radius 1 is 0.435 bits per heavy atom. The highest BCUT2D eigenvalue weighted by atomic mass is 14.1. The molecule has 0 N–H and O–H groups in total. The second-order valence-electron chi connectivity index (χ2n) is 6.33. The molecule has 0 aromatic heterocycles. The quantitative estimate of drug-likeness (QED) is 0.282. The second kappa shape index (κ2) is 4.57. The van der Waals surface area contributed by atoms with E-state index in [1.807, 2.05) is 0 Å². The Morgan fingerprint density at radius 3 is 1.74 bits per heavy atom. The maximum Gasteiger partial charge on any atom is -0.00987 e. The first-order valence-corrected chi connectivity index (χ1v) is 8.05. The fourth-order valence-corrected chi connectivity index (χ4v) is 3.75. The summed E-state index contributed by atoms with van der Waals surface area (Å²) in [4.78, 5) is 0. The predicted octanol–water partition coefficient (Wildman–Crippen LogP) is 6.61. The van der Waals surface area contributed by atoms with E-state index in [1.165, 1.54) is 48.7 Å². The maximum atomic E-state index is 2.30. The van der Waals surface area contributed by atoms with Crippen molar-refractivity contribution >= 4 is 43.1 Å². The molecule has 0 saturated heterocycles. The fraction of sp³-hybridized carbons (Fsp3) is 0.0435. The minimum atomic E-state index is 1.30. The van der Waals surface area contributed by atoms with Gasteiger partial charge in [-0.05, 0) is 50.0 Å². The number of hydrogen-bond donors (Lipinski definition) is 0. The monoisotopic (exact) mass is 292 g/mol. The molecule has 0 heterocycles. The van der Waals surface area contributed by atoms with Crippen LogP contribution < -0.4 is 0 Å². The molecule has 0 unspecified atom stereocenters. The third-order valence-electron chi connectivity index (χ3n) is 4.90. The van der Waals surface area contributed by atoms with Crippen LogP contribution in [0.5, 0.6) is 0 Å². The zero-order chi connectivity index (χ0) is 15.4. The molecule has 0 atom stereocenters. The Morgan fingerprint density at radius 2 is 0.957 bits per heavy atom. The minimum Gasteiger partial charge on any atom is -0.0616 e. The van der Waals surface area contributed by atoms with E-state index in [2.05, 4.69) is 85.8 Å². The number of hydrogen-bond acceptors (Lipinski definition) is 0. The van der Waals surface area contributed by atoms with E-state index in [0.717, 1.165) is 0 Å². The Kier molecular flexibility index (Phi) is 2.51. The van der Waals surface area contributed by atoms with Crippen molar-refractivity contribution in [2.24, 2.45) is 0 Å². The Bertz CT molecular complexity index is 1210. The molecule has 0 bridgehead atoms. The first kappa shape index (κ1) is 12.7. The molecule has 108 valence electrons. The molecule has 0 heteroatoms. The van der Waals surface area contributed by atoms with Gasteiger partial charge in [-0.1, -0.05) is 84.4 Å². The zero-order valence-corrected chi connectivity index (χ0v) is 13.0. The summed E-state index contributed by atoms with van der Waals surface area (Å²) in [6.07, 6.45) is 0. The van der Waals surface area contributed by atoms with E-state index in [0.29, 0.717) is 0 Å². The smallest absolute Gasteiger partial charge is 0.00987 e. The van der Waals surface area contributed by atoms with Crippen molar-refractivity contribution in [3.05, 3.63) is 84.4 Å². The SMILES string of the molecule is Cc1ccc2ccc3c(ccc4c5ccccc5ccc43)c2c1. The molecule has 0 aliphatic rings. The molecule has 0 saturated carbocycles. The number of aryl methyl sites for hydroxylation is 1. The normalized spacial score (nSPS) is 11.7. The van der Waals surface area contributed by atoms with Gasteiger partial charge < -0.3 is 0 Å². The molecule has 0 amide bonds. The Hall–Kier alpha value is -2.86. The van der Waals surface area contributed by atoms with Crippen LogP contribution in [-0.2, 0) is 0 Å². The maximum absolute atomic E-state index is 2.30. The van der Waals surface area contributed by atoms with Gasteiger partial charge in [-0.2, -0.15) is 0 Å². The average Bonchev–Trinajstić information content (AvgIpc) is 2.60. The van der Waals surface area contributed by atoms with Crippen molar-refractivity contribution in [1.29, 1.82) is 0 Å². The van der Waals surface area contributed by atoms with Crippen molar-refractivity contribution in [1.82, 2.24) is 0 Å². The molecule has 0 nitrogen and oxygen atoms in total. The molecule has 0 radical (unpaired) electrons. The van der Waals surface area contributed by atoms with Gasteiger partial charge in [0.15, 0.2) is 0 Å². The van der Waals surface area contributed by atoms with Gasteiger partial charge in [0, 0.05) is 0 Å². The lowest BCUT2D eigenvalue weighted by Crippen LogP contribution is -1.83. The molecule has 0 aliphatic heterocycles. The van der Waals surface area contributed by atoms with Gasteiger partial charge in [0.1, 0.15) is 0 Å².